The van der Waals surface area contributed by atoms with Crippen LogP contribution in [0, 0.1) is 5.92 Å². The standard InChI is InChI=1S/C17H27NO3/c1-2-18-17(14-19,16-6-4-3-5-7-16)9-11-21-13-15-8-10-20-12-15/h3-7,15,18-19H,2,8-14H2,1H3. The molecule has 1 fully saturated rings. The van der Waals surface area contributed by atoms with E-state index < -0.39 is 5.54 Å². The summed E-state index contributed by atoms with van der Waals surface area (Å²) in [4.78, 5) is 0. The molecular weight excluding hydrogens is 266 g/mol. The first-order chi connectivity index (χ1) is 10.3. The largest absolute Gasteiger partial charge is 0.394 e. The third-order valence-corrected chi connectivity index (χ3v) is 4.16. The molecule has 0 radical (unpaired) electrons. The summed E-state index contributed by atoms with van der Waals surface area (Å²) < 4.78 is 11.2. The molecule has 1 aliphatic rings. The van der Waals surface area contributed by atoms with E-state index >= 15 is 0 Å². The van der Waals surface area contributed by atoms with Crippen LogP contribution >= 0.6 is 0 Å². The summed E-state index contributed by atoms with van der Waals surface area (Å²) in [5, 5.41) is 13.4. The van der Waals surface area contributed by atoms with Gasteiger partial charge in [-0.1, -0.05) is 37.3 Å². The molecule has 0 saturated carbocycles. The van der Waals surface area contributed by atoms with Gasteiger partial charge in [-0.15, -0.1) is 0 Å². The molecule has 1 heterocycles. The monoisotopic (exact) mass is 293 g/mol. The number of aliphatic hydroxyl groups is 1. The van der Waals surface area contributed by atoms with Crippen molar-refractivity contribution in [3.63, 3.8) is 0 Å². The maximum atomic E-state index is 9.93. The fourth-order valence-electron chi connectivity index (χ4n) is 2.87. The minimum absolute atomic E-state index is 0.0702. The van der Waals surface area contributed by atoms with E-state index in [9.17, 15) is 5.11 Å². The van der Waals surface area contributed by atoms with Gasteiger partial charge in [-0.2, -0.15) is 0 Å². The van der Waals surface area contributed by atoms with Gasteiger partial charge in [0, 0.05) is 19.1 Å². The Hall–Kier alpha value is -0.940. The first-order valence-electron chi connectivity index (χ1n) is 7.87. The Kier molecular flexibility index (Phi) is 6.64. The zero-order valence-corrected chi connectivity index (χ0v) is 12.9. The normalized spacial score (nSPS) is 21.3. The van der Waals surface area contributed by atoms with Gasteiger partial charge in [0.1, 0.15) is 0 Å². The van der Waals surface area contributed by atoms with Gasteiger partial charge in [-0.05, 0) is 24.9 Å². The van der Waals surface area contributed by atoms with E-state index in [1.165, 1.54) is 0 Å². The van der Waals surface area contributed by atoms with E-state index in [4.69, 9.17) is 9.47 Å². The quantitative estimate of drug-likeness (QED) is 0.683. The lowest BCUT2D eigenvalue weighted by atomic mass is 9.87. The Labute approximate surface area is 127 Å². The van der Waals surface area contributed by atoms with Crippen LogP contribution < -0.4 is 5.32 Å². The Bertz CT molecular complexity index is 392. The Morgan fingerprint density at radius 2 is 2.19 bits per heavy atom. The topological polar surface area (TPSA) is 50.7 Å². The molecule has 4 nitrogen and oxygen atoms in total. The predicted octanol–water partition coefficient (Wildman–Crippen LogP) is 1.93. The molecular formula is C17H27NO3. The molecule has 1 aromatic rings. The maximum Gasteiger partial charge on any atom is 0.0691 e. The second-order valence-corrected chi connectivity index (χ2v) is 5.69. The van der Waals surface area contributed by atoms with Crippen LogP contribution in [0.1, 0.15) is 25.3 Å². The fourth-order valence-corrected chi connectivity index (χ4v) is 2.87. The van der Waals surface area contributed by atoms with Crippen molar-refractivity contribution in [2.24, 2.45) is 5.92 Å². The number of hydrogen-bond acceptors (Lipinski definition) is 4. The summed E-state index contributed by atoms with van der Waals surface area (Å²) in [5.41, 5.74) is 0.699. The molecule has 4 heteroatoms. The highest BCUT2D eigenvalue weighted by Crippen LogP contribution is 2.25. The van der Waals surface area contributed by atoms with Crippen molar-refractivity contribution in [3.8, 4) is 0 Å². The molecule has 2 rings (SSSR count). The number of likely N-dealkylation sites (N-methyl/N-ethyl adjacent to an activating group) is 1. The van der Waals surface area contributed by atoms with Crippen LogP contribution in [0.15, 0.2) is 30.3 Å². The molecule has 0 aliphatic carbocycles. The molecule has 2 N–H and O–H groups in total. The van der Waals surface area contributed by atoms with E-state index in [0.29, 0.717) is 12.5 Å². The van der Waals surface area contributed by atoms with Crippen LogP contribution in [0.25, 0.3) is 0 Å². The summed E-state index contributed by atoms with van der Waals surface area (Å²) in [6.07, 6.45) is 1.85. The average molecular weight is 293 g/mol. The van der Waals surface area contributed by atoms with Crippen molar-refractivity contribution in [1.82, 2.24) is 5.32 Å². The third-order valence-electron chi connectivity index (χ3n) is 4.16. The van der Waals surface area contributed by atoms with E-state index in [-0.39, 0.29) is 6.61 Å². The molecule has 0 bridgehead atoms. The maximum absolute atomic E-state index is 9.93. The molecule has 21 heavy (non-hydrogen) atoms. The zero-order valence-electron chi connectivity index (χ0n) is 12.9. The Morgan fingerprint density at radius 3 is 2.81 bits per heavy atom. The average Bonchev–Trinajstić information content (AvgIpc) is 3.05. The van der Waals surface area contributed by atoms with Crippen molar-refractivity contribution in [3.05, 3.63) is 35.9 Å². The van der Waals surface area contributed by atoms with Crippen molar-refractivity contribution >= 4 is 0 Å². The Morgan fingerprint density at radius 1 is 1.38 bits per heavy atom. The van der Waals surface area contributed by atoms with Crippen molar-refractivity contribution in [2.75, 3.05) is 39.6 Å². The lowest BCUT2D eigenvalue weighted by molar-refractivity contribution is 0.0573. The lowest BCUT2D eigenvalue weighted by Crippen LogP contribution is -2.46. The van der Waals surface area contributed by atoms with Gasteiger partial charge in [0.05, 0.1) is 25.4 Å². The van der Waals surface area contributed by atoms with Gasteiger partial charge in [0.15, 0.2) is 0 Å². The van der Waals surface area contributed by atoms with E-state index in [1.807, 2.05) is 18.2 Å². The summed E-state index contributed by atoms with van der Waals surface area (Å²) in [6, 6.07) is 10.1. The summed E-state index contributed by atoms with van der Waals surface area (Å²) >= 11 is 0. The predicted molar refractivity (Wildman–Crippen MR) is 83.2 cm³/mol. The molecule has 1 aromatic carbocycles. The molecule has 1 saturated heterocycles. The number of nitrogens with one attached hydrogen (secondary N) is 1. The molecule has 1 aliphatic heterocycles. The molecule has 118 valence electrons. The first kappa shape index (κ1) is 16.4. The van der Waals surface area contributed by atoms with Gasteiger partial charge in [0.2, 0.25) is 0 Å². The van der Waals surface area contributed by atoms with Crippen molar-refractivity contribution < 1.29 is 14.6 Å². The van der Waals surface area contributed by atoms with Crippen LogP contribution in [0.4, 0.5) is 0 Å². The van der Waals surface area contributed by atoms with Crippen LogP contribution in [0.3, 0.4) is 0 Å². The number of ether oxygens (including phenoxy) is 2. The zero-order chi connectivity index (χ0) is 15.0. The van der Waals surface area contributed by atoms with Crippen LogP contribution in [0.5, 0.6) is 0 Å². The van der Waals surface area contributed by atoms with E-state index in [2.05, 4.69) is 24.4 Å². The summed E-state index contributed by atoms with van der Waals surface area (Å²) in [6.45, 7) is 6.01. The highest BCUT2D eigenvalue weighted by Gasteiger charge is 2.30. The summed E-state index contributed by atoms with van der Waals surface area (Å²) in [7, 11) is 0. The van der Waals surface area contributed by atoms with Gasteiger partial charge in [-0.25, -0.2) is 0 Å². The molecule has 0 aromatic heterocycles. The number of benzene rings is 1. The number of rotatable bonds is 9. The molecule has 2 atom stereocenters. The van der Waals surface area contributed by atoms with Crippen LogP contribution in [0.2, 0.25) is 0 Å². The second-order valence-electron chi connectivity index (χ2n) is 5.69. The SMILES string of the molecule is CCNC(CO)(CCOCC1CCOC1)c1ccccc1. The third kappa shape index (κ3) is 4.51. The summed E-state index contributed by atoms with van der Waals surface area (Å²) in [5.74, 6) is 0.532. The van der Waals surface area contributed by atoms with Crippen molar-refractivity contribution in [1.29, 1.82) is 0 Å². The van der Waals surface area contributed by atoms with Crippen LogP contribution in [-0.4, -0.2) is 44.7 Å². The molecule has 0 amide bonds. The van der Waals surface area contributed by atoms with Gasteiger partial charge in [-0.3, -0.25) is 0 Å². The van der Waals surface area contributed by atoms with Crippen molar-refractivity contribution in [2.45, 2.75) is 25.3 Å². The fraction of sp³-hybridized carbons (Fsp3) is 0.647. The minimum Gasteiger partial charge on any atom is -0.394 e. The first-order valence-corrected chi connectivity index (χ1v) is 7.87. The second kappa shape index (κ2) is 8.49. The molecule has 0 spiro atoms. The van der Waals surface area contributed by atoms with E-state index in [1.54, 1.807) is 0 Å². The smallest absolute Gasteiger partial charge is 0.0691 e. The highest BCUT2D eigenvalue weighted by atomic mass is 16.5. The number of aliphatic hydroxyl groups excluding tert-OH is 1. The highest BCUT2D eigenvalue weighted by molar-refractivity contribution is 5.24. The lowest BCUT2D eigenvalue weighted by Gasteiger charge is -2.33. The molecule has 2 unspecified atom stereocenters. The number of hydrogen-bond donors (Lipinski definition) is 2. The van der Waals surface area contributed by atoms with Crippen LogP contribution in [-0.2, 0) is 15.0 Å². The van der Waals surface area contributed by atoms with Gasteiger partial charge < -0.3 is 19.9 Å². The van der Waals surface area contributed by atoms with Gasteiger partial charge >= 0.3 is 0 Å². The Balaban J connectivity index is 1.89. The van der Waals surface area contributed by atoms with Gasteiger partial charge in [0.25, 0.3) is 0 Å². The minimum atomic E-state index is -0.414. The van der Waals surface area contributed by atoms with E-state index in [0.717, 1.165) is 44.8 Å².